The van der Waals surface area contributed by atoms with Crippen LogP contribution in [0.4, 0.5) is 11.4 Å². The number of nitro benzene ring substituents is 1. The van der Waals surface area contributed by atoms with Crippen LogP contribution in [-0.4, -0.2) is 22.9 Å². The summed E-state index contributed by atoms with van der Waals surface area (Å²) in [5.74, 6) is -1.15. The number of anilines is 1. The highest BCUT2D eigenvalue weighted by Gasteiger charge is 2.17. The molecule has 0 aliphatic rings. The van der Waals surface area contributed by atoms with Gasteiger partial charge < -0.3 is 10.1 Å². The van der Waals surface area contributed by atoms with Crippen LogP contribution in [0.3, 0.4) is 0 Å². The number of rotatable bonds is 6. The molecular weight excluding hydrogens is 344 g/mol. The number of amides is 1. The maximum atomic E-state index is 12.0. The molecule has 0 saturated carbocycles. The van der Waals surface area contributed by atoms with E-state index in [9.17, 15) is 19.7 Å². The van der Waals surface area contributed by atoms with Gasteiger partial charge in [0.15, 0.2) is 6.10 Å². The van der Waals surface area contributed by atoms with E-state index >= 15 is 0 Å². The lowest BCUT2D eigenvalue weighted by atomic mass is 10.2. The highest BCUT2D eigenvalue weighted by molar-refractivity contribution is 7.12. The average Bonchev–Trinajstić information content (AvgIpc) is 2.99. The van der Waals surface area contributed by atoms with E-state index in [0.29, 0.717) is 5.69 Å². The minimum absolute atomic E-state index is 0.0774. The second kappa shape index (κ2) is 8.20. The molecule has 1 amide bonds. The molecule has 7 nitrogen and oxygen atoms in total. The van der Waals surface area contributed by atoms with Gasteiger partial charge in [0.1, 0.15) is 0 Å². The van der Waals surface area contributed by atoms with E-state index in [1.807, 2.05) is 19.1 Å². The van der Waals surface area contributed by atoms with Crippen LogP contribution in [0.1, 0.15) is 16.7 Å². The maximum absolute atomic E-state index is 12.0. The topological polar surface area (TPSA) is 98.5 Å². The number of benzene rings is 1. The molecule has 1 atom stereocenters. The van der Waals surface area contributed by atoms with Crippen LogP contribution in [-0.2, 0) is 14.3 Å². The molecule has 1 heterocycles. The van der Waals surface area contributed by atoms with Crippen LogP contribution in [0.5, 0.6) is 0 Å². The zero-order valence-corrected chi connectivity index (χ0v) is 14.4. The highest BCUT2D eigenvalue weighted by Crippen LogP contribution is 2.17. The first-order chi connectivity index (χ1) is 11.8. The van der Waals surface area contributed by atoms with Crippen LogP contribution in [0.25, 0.3) is 6.08 Å². The molecule has 8 heteroatoms. The molecule has 1 N–H and O–H groups in total. The van der Waals surface area contributed by atoms with Crippen LogP contribution in [0.15, 0.2) is 42.5 Å². The molecule has 0 radical (unpaired) electrons. The Bertz CT molecular complexity index is 811. The van der Waals surface area contributed by atoms with Gasteiger partial charge in [0.05, 0.1) is 4.92 Å². The second-order valence-corrected chi connectivity index (χ2v) is 6.47. The summed E-state index contributed by atoms with van der Waals surface area (Å²) in [6, 6.07) is 9.19. The summed E-state index contributed by atoms with van der Waals surface area (Å²) in [5.41, 5.74) is 0.300. The predicted molar refractivity (Wildman–Crippen MR) is 95.4 cm³/mol. The number of esters is 1. The lowest BCUT2D eigenvalue weighted by Gasteiger charge is -2.12. The first kappa shape index (κ1) is 18.3. The summed E-state index contributed by atoms with van der Waals surface area (Å²) in [5, 5.41) is 13.1. The van der Waals surface area contributed by atoms with Crippen LogP contribution in [0.2, 0.25) is 0 Å². The van der Waals surface area contributed by atoms with Gasteiger partial charge in [-0.1, -0.05) is 0 Å². The molecule has 130 valence electrons. The Kier molecular flexibility index (Phi) is 6.02. The van der Waals surface area contributed by atoms with Gasteiger partial charge in [-0.25, -0.2) is 4.79 Å². The Labute approximate surface area is 148 Å². The Hall–Kier alpha value is -3.00. The van der Waals surface area contributed by atoms with Crippen molar-refractivity contribution in [2.75, 3.05) is 5.32 Å². The van der Waals surface area contributed by atoms with Crippen LogP contribution in [0, 0.1) is 17.0 Å². The highest BCUT2D eigenvalue weighted by atomic mass is 32.1. The molecule has 0 fully saturated rings. The Morgan fingerprint density at radius 3 is 2.48 bits per heavy atom. The van der Waals surface area contributed by atoms with E-state index in [4.69, 9.17) is 4.74 Å². The van der Waals surface area contributed by atoms with Gasteiger partial charge in [0.2, 0.25) is 0 Å². The summed E-state index contributed by atoms with van der Waals surface area (Å²) in [6.45, 7) is 3.41. The summed E-state index contributed by atoms with van der Waals surface area (Å²) in [6.07, 6.45) is 1.89. The molecule has 1 unspecified atom stereocenters. The number of carbonyl (C=O) groups excluding carboxylic acids is 2. The number of aryl methyl sites for hydroxylation is 1. The zero-order chi connectivity index (χ0) is 18.4. The van der Waals surface area contributed by atoms with Crippen molar-refractivity contribution in [3.63, 3.8) is 0 Å². The van der Waals surface area contributed by atoms with Gasteiger partial charge in [0.25, 0.3) is 11.6 Å². The van der Waals surface area contributed by atoms with Crippen molar-refractivity contribution < 1.29 is 19.2 Å². The first-order valence-electron chi connectivity index (χ1n) is 7.35. The van der Waals surface area contributed by atoms with Gasteiger partial charge in [-0.3, -0.25) is 14.9 Å². The van der Waals surface area contributed by atoms with E-state index in [1.54, 1.807) is 6.08 Å². The fourth-order valence-electron chi connectivity index (χ4n) is 1.87. The molecule has 0 bridgehead atoms. The smallest absolute Gasteiger partial charge is 0.331 e. The van der Waals surface area contributed by atoms with Gasteiger partial charge in [0, 0.05) is 33.7 Å². The molecule has 2 rings (SSSR count). The van der Waals surface area contributed by atoms with Crippen molar-refractivity contribution in [3.8, 4) is 0 Å². The van der Waals surface area contributed by atoms with Gasteiger partial charge in [-0.2, -0.15) is 0 Å². The third-order valence-corrected chi connectivity index (χ3v) is 4.12. The molecule has 1 aromatic carbocycles. The molecule has 1 aromatic heterocycles. The van der Waals surface area contributed by atoms with Gasteiger partial charge in [-0.05, 0) is 44.2 Å². The van der Waals surface area contributed by atoms with Crippen molar-refractivity contribution in [1.29, 1.82) is 0 Å². The van der Waals surface area contributed by atoms with Crippen molar-refractivity contribution in [2.24, 2.45) is 0 Å². The van der Waals surface area contributed by atoms with Crippen LogP contribution >= 0.6 is 11.3 Å². The molecular formula is C17H16N2O5S. The number of thiophene rings is 1. The third-order valence-electron chi connectivity index (χ3n) is 3.15. The second-order valence-electron chi connectivity index (χ2n) is 5.15. The van der Waals surface area contributed by atoms with E-state index in [0.717, 1.165) is 9.75 Å². The predicted octanol–water partition coefficient (Wildman–Crippen LogP) is 3.55. The number of carbonyl (C=O) groups is 2. The molecule has 0 aliphatic carbocycles. The SMILES string of the molecule is Cc1ccc(/C=C/C(=O)OC(C)C(=O)Nc2ccc([N+](=O)[O-])cc2)s1. The number of ether oxygens (including phenoxy) is 1. The lowest BCUT2D eigenvalue weighted by molar-refractivity contribution is -0.384. The summed E-state index contributed by atoms with van der Waals surface area (Å²) >= 11 is 1.54. The van der Waals surface area contributed by atoms with Crippen LogP contribution < -0.4 is 5.32 Å². The number of hydrogen-bond acceptors (Lipinski definition) is 6. The third kappa shape index (κ3) is 5.54. The number of hydrogen-bond donors (Lipinski definition) is 1. The Morgan fingerprint density at radius 1 is 1.24 bits per heavy atom. The lowest BCUT2D eigenvalue weighted by Crippen LogP contribution is -2.29. The molecule has 2 aromatic rings. The van der Waals surface area contributed by atoms with E-state index in [1.165, 1.54) is 48.6 Å². The number of nitrogens with zero attached hydrogens (tertiary/aromatic N) is 1. The van der Waals surface area contributed by atoms with Crippen molar-refractivity contribution in [1.82, 2.24) is 0 Å². The summed E-state index contributed by atoms with van der Waals surface area (Å²) < 4.78 is 5.03. The fraction of sp³-hybridized carbons (Fsp3) is 0.176. The maximum Gasteiger partial charge on any atom is 0.331 e. The number of non-ortho nitro benzene ring substituents is 1. The largest absolute Gasteiger partial charge is 0.449 e. The van der Waals surface area contributed by atoms with E-state index in [2.05, 4.69) is 5.32 Å². The van der Waals surface area contributed by atoms with E-state index in [-0.39, 0.29) is 5.69 Å². The quantitative estimate of drug-likeness (QED) is 0.368. The molecule has 25 heavy (non-hydrogen) atoms. The van der Waals surface area contributed by atoms with Crippen molar-refractivity contribution >= 4 is 40.7 Å². The average molecular weight is 360 g/mol. The van der Waals surface area contributed by atoms with E-state index < -0.39 is 22.9 Å². The van der Waals surface area contributed by atoms with Crippen molar-refractivity contribution in [3.05, 3.63) is 62.3 Å². The molecule has 0 saturated heterocycles. The molecule has 0 aliphatic heterocycles. The van der Waals surface area contributed by atoms with Gasteiger partial charge >= 0.3 is 5.97 Å². The summed E-state index contributed by atoms with van der Waals surface area (Å²) in [4.78, 5) is 35.8. The zero-order valence-electron chi connectivity index (χ0n) is 13.6. The Morgan fingerprint density at radius 2 is 1.92 bits per heavy atom. The minimum atomic E-state index is -1.00. The number of nitro groups is 1. The van der Waals surface area contributed by atoms with Gasteiger partial charge in [-0.15, -0.1) is 11.3 Å². The molecule has 0 spiro atoms. The fourth-order valence-corrected chi connectivity index (χ4v) is 2.65. The summed E-state index contributed by atoms with van der Waals surface area (Å²) in [7, 11) is 0. The number of nitrogens with one attached hydrogen (secondary N) is 1. The standard InChI is InChI=1S/C17H16N2O5S/c1-11-3-8-15(25-11)9-10-16(20)24-12(2)17(21)18-13-4-6-14(7-5-13)19(22)23/h3-10,12H,1-2H3,(H,18,21)/b10-9+. The Balaban J connectivity index is 1.87. The van der Waals surface area contributed by atoms with Crippen molar-refractivity contribution in [2.45, 2.75) is 20.0 Å². The minimum Gasteiger partial charge on any atom is -0.449 e. The monoisotopic (exact) mass is 360 g/mol. The first-order valence-corrected chi connectivity index (χ1v) is 8.17. The normalized spacial score (nSPS) is 11.9.